The maximum absolute atomic E-state index is 11.1. The molecule has 0 saturated carbocycles. The Balaban J connectivity index is 3.00. The van der Waals surface area contributed by atoms with Crippen molar-refractivity contribution in [3.63, 3.8) is 0 Å². The molecule has 0 unspecified atom stereocenters. The summed E-state index contributed by atoms with van der Waals surface area (Å²) in [6.45, 7) is 0. The zero-order valence-corrected chi connectivity index (χ0v) is 6.74. The van der Waals surface area contributed by atoms with Gasteiger partial charge in [0.05, 0.1) is 5.56 Å². The molecule has 0 amide bonds. The lowest BCUT2D eigenvalue weighted by Crippen LogP contribution is -2.04. The van der Waals surface area contributed by atoms with E-state index in [1.54, 1.807) is 6.07 Å². The maximum atomic E-state index is 11.1. The Morgan fingerprint density at radius 3 is 2.85 bits per heavy atom. The third kappa shape index (κ3) is 1.18. The number of pyridine rings is 1. The van der Waals surface area contributed by atoms with Gasteiger partial charge in [-0.15, -0.1) is 0 Å². The number of nitrogens with one attached hydrogen (secondary N) is 1. The van der Waals surface area contributed by atoms with Crippen molar-refractivity contribution in [2.75, 3.05) is 0 Å². The molecule has 3 nitrogen and oxygen atoms in total. The molecule has 0 atom stereocenters. The lowest BCUT2D eigenvalue weighted by molar-refractivity contribution is 1.29. The van der Waals surface area contributed by atoms with Crippen molar-refractivity contribution in [1.82, 2.24) is 4.98 Å². The van der Waals surface area contributed by atoms with Gasteiger partial charge in [0.2, 0.25) is 5.56 Å². The van der Waals surface area contributed by atoms with Crippen molar-refractivity contribution in [1.29, 1.82) is 5.26 Å². The van der Waals surface area contributed by atoms with E-state index in [0.717, 1.165) is 5.39 Å². The van der Waals surface area contributed by atoms with Gasteiger partial charge in [0.15, 0.2) is 0 Å². The molecular weight excluding hydrogens is 164 g/mol. The zero-order chi connectivity index (χ0) is 9.26. The number of aromatic nitrogens is 1. The Kier molecular flexibility index (Phi) is 1.60. The Labute approximate surface area is 74.3 Å². The Hall–Kier alpha value is -2.08. The standard InChI is InChI=1S/C10H6N2O/c11-6-7-5-10(13)12-9-4-2-1-3-8(7)9/h1-5H,(H,12,13). The van der Waals surface area contributed by atoms with Crippen LogP contribution < -0.4 is 5.56 Å². The van der Waals surface area contributed by atoms with Crippen LogP contribution in [0.25, 0.3) is 10.9 Å². The van der Waals surface area contributed by atoms with Crippen LogP contribution in [0.2, 0.25) is 0 Å². The lowest BCUT2D eigenvalue weighted by atomic mass is 10.1. The summed E-state index contributed by atoms with van der Waals surface area (Å²) in [5, 5.41) is 9.54. The first-order valence-electron chi connectivity index (χ1n) is 3.83. The summed E-state index contributed by atoms with van der Waals surface area (Å²) in [6.07, 6.45) is 0. The molecule has 1 heterocycles. The monoisotopic (exact) mass is 170 g/mol. The summed E-state index contributed by atoms with van der Waals surface area (Å²) in [7, 11) is 0. The van der Waals surface area contributed by atoms with Crippen LogP contribution in [0.15, 0.2) is 35.1 Å². The minimum atomic E-state index is -0.241. The van der Waals surface area contributed by atoms with Crippen molar-refractivity contribution in [3.05, 3.63) is 46.2 Å². The number of hydrogen-bond acceptors (Lipinski definition) is 2. The third-order valence-corrected chi connectivity index (χ3v) is 1.87. The topological polar surface area (TPSA) is 56.6 Å². The normalized spacial score (nSPS) is 9.77. The van der Waals surface area contributed by atoms with Gasteiger partial charge >= 0.3 is 0 Å². The Morgan fingerprint density at radius 2 is 2.08 bits per heavy atom. The average Bonchev–Trinajstić information content (AvgIpc) is 2.16. The van der Waals surface area contributed by atoms with Crippen LogP contribution in [0.1, 0.15) is 5.56 Å². The molecule has 0 fully saturated rings. The van der Waals surface area contributed by atoms with E-state index in [1.165, 1.54) is 6.07 Å². The fourth-order valence-corrected chi connectivity index (χ4v) is 1.30. The van der Waals surface area contributed by atoms with Gasteiger partial charge in [-0.3, -0.25) is 4.79 Å². The van der Waals surface area contributed by atoms with Crippen LogP contribution >= 0.6 is 0 Å². The molecular formula is C10H6N2O. The third-order valence-electron chi connectivity index (χ3n) is 1.87. The SMILES string of the molecule is N#Cc1cc(=O)[nH]c2ccccc12. The number of hydrogen-bond donors (Lipinski definition) is 1. The van der Waals surface area contributed by atoms with E-state index in [1.807, 2.05) is 24.3 Å². The van der Waals surface area contributed by atoms with Crippen LogP contribution in [0.3, 0.4) is 0 Å². The summed E-state index contributed by atoms with van der Waals surface area (Å²) in [5.41, 5.74) is 0.876. The molecule has 2 aromatic rings. The van der Waals surface area contributed by atoms with E-state index in [0.29, 0.717) is 11.1 Å². The summed E-state index contributed by atoms with van der Waals surface area (Å²) >= 11 is 0. The first-order valence-corrected chi connectivity index (χ1v) is 3.83. The minimum Gasteiger partial charge on any atom is -0.322 e. The first-order chi connectivity index (χ1) is 6.31. The number of para-hydroxylation sites is 1. The number of nitrogens with zero attached hydrogens (tertiary/aromatic N) is 1. The second-order valence-electron chi connectivity index (χ2n) is 2.70. The molecule has 13 heavy (non-hydrogen) atoms. The molecule has 1 N–H and O–H groups in total. The maximum Gasteiger partial charge on any atom is 0.249 e. The quantitative estimate of drug-likeness (QED) is 0.649. The van der Waals surface area contributed by atoms with Crippen LogP contribution in [0, 0.1) is 11.3 Å². The zero-order valence-electron chi connectivity index (χ0n) is 6.74. The molecule has 62 valence electrons. The number of H-pyrrole nitrogens is 1. The van der Waals surface area contributed by atoms with Crippen LogP contribution in [0.5, 0.6) is 0 Å². The van der Waals surface area contributed by atoms with E-state index < -0.39 is 0 Å². The largest absolute Gasteiger partial charge is 0.322 e. The minimum absolute atomic E-state index is 0.241. The highest BCUT2D eigenvalue weighted by atomic mass is 16.1. The fourth-order valence-electron chi connectivity index (χ4n) is 1.30. The number of rotatable bonds is 0. The average molecular weight is 170 g/mol. The van der Waals surface area contributed by atoms with E-state index in [4.69, 9.17) is 5.26 Å². The summed E-state index contributed by atoms with van der Waals surface area (Å²) in [6, 6.07) is 10.5. The second kappa shape index (κ2) is 2.76. The number of benzene rings is 1. The highest BCUT2D eigenvalue weighted by Gasteiger charge is 2.00. The number of fused-ring (bicyclic) bond motifs is 1. The number of nitriles is 1. The number of aromatic amines is 1. The van der Waals surface area contributed by atoms with Crippen molar-refractivity contribution in [3.8, 4) is 6.07 Å². The summed E-state index contributed by atoms with van der Waals surface area (Å²) < 4.78 is 0. The molecule has 0 spiro atoms. The van der Waals surface area contributed by atoms with Crippen LogP contribution in [0.4, 0.5) is 0 Å². The molecule has 1 aromatic heterocycles. The van der Waals surface area contributed by atoms with Gasteiger partial charge in [0.1, 0.15) is 6.07 Å². The second-order valence-corrected chi connectivity index (χ2v) is 2.70. The molecule has 0 bridgehead atoms. The predicted octanol–water partition coefficient (Wildman–Crippen LogP) is 1.40. The van der Waals surface area contributed by atoms with Gasteiger partial charge in [-0.05, 0) is 6.07 Å². The van der Waals surface area contributed by atoms with E-state index in [-0.39, 0.29) is 5.56 Å². The Bertz CT molecular complexity index is 549. The first kappa shape index (κ1) is 7.56. The lowest BCUT2D eigenvalue weighted by Gasteiger charge is -1.97. The van der Waals surface area contributed by atoms with Gasteiger partial charge in [0.25, 0.3) is 0 Å². The van der Waals surface area contributed by atoms with E-state index in [9.17, 15) is 4.79 Å². The van der Waals surface area contributed by atoms with Crippen LogP contribution in [-0.2, 0) is 0 Å². The highest BCUT2D eigenvalue weighted by Crippen LogP contribution is 2.12. The molecule has 0 saturated heterocycles. The van der Waals surface area contributed by atoms with Gasteiger partial charge < -0.3 is 4.98 Å². The van der Waals surface area contributed by atoms with E-state index >= 15 is 0 Å². The van der Waals surface area contributed by atoms with Gasteiger partial charge in [-0.25, -0.2) is 0 Å². The van der Waals surface area contributed by atoms with Crippen LogP contribution in [-0.4, -0.2) is 4.98 Å². The molecule has 0 radical (unpaired) electrons. The van der Waals surface area contributed by atoms with Gasteiger partial charge in [0, 0.05) is 17.0 Å². The molecule has 2 rings (SSSR count). The van der Waals surface area contributed by atoms with Crippen molar-refractivity contribution < 1.29 is 0 Å². The predicted molar refractivity (Wildman–Crippen MR) is 49.3 cm³/mol. The van der Waals surface area contributed by atoms with Gasteiger partial charge in [-0.1, -0.05) is 18.2 Å². The van der Waals surface area contributed by atoms with Crippen molar-refractivity contribution in [2.24, 2.45) is 0 Å². The van der Waals surface area contributed by atoms with Crippen molar-refractivity contribution in [2.45, 2.75) is 0 Å². The molecule has 1 aromatic carbocycles. The fraction of sp³-hybridized carbons (Fsp3) is 0. The summed E-state index contributed by atoms with van der Waals surface area (Å²) in [5.74, 6) is 0. The molecule has 3 heteroatoms. The Morgan fingerprint density at radius 1 is 1.31 bits per heavy atom. The van der Waals surface area contributed by atoms with E-state index in [2.05, 4.69) is 4.98 Å². The summed E-state index contributed by atoms with van der Waals surface area (Å²) in [4.78, 5) is 13.7. The smallest absolute Gasteiger partial charge is 0.249 e. The molecule has 0 aliphatic rings. The molecule has 0 aliphatic carbocycles. The highest BCUT2D eigenvalue weighted by molar-refractivity contribution is 5.84. The van der Waals surface area contributed by atoms with Crippen molar-refractivity contribution >= 4 is 10.9 Å². The molecule has 0 aliphatic heterocycles. The van der Waals surface area contributed by atoms with Gasteiger partial charge in [-0.2, -0.15) is 5.26 Å².